The highest BCUT2D eigenvalue weighted by atomic mass is 35.5. The molecular formula is C14H9Cl2NO4S. The van der Waals surface area contributed by atoms with Gasteiger partial charge in [0, 0.05) is 17.5 Å². The number of nitrogens with zero attached hydrogens (tertiary/aromatic N) is 1. The van der Waals surface area contributed by atoms with Gasteiger partial charge in [-0.25, -0.2) is 8.42 Å². The lowest BCUT2D eigenvalue weighted by Gasteiger charge is -2.00. The van der Waals surface area contributed by atoms with Crippen molar-refractivity contribution in [3.8, 4) is 0 Å². The Morgan fingerprint density at radius 1 is 1.00 bits per heavy atom. The monoisotopic (exact) mass is 357 g/mol. The van der Waals surface area contributed by atoms with Crippen molar-refractivity contribution < 1.29 is 13.3 Å². The first-order valence-corrected chi connectivity index (χ1v) is 8.22. The first-order chi connectivity index (χ1) is 10.3. The molecule has 0 N–H and O–H groups in total. The molecule has 0 amide bonds. The number of non-ortho nitro benzene ring substituents is 1. The molecule has 0 aromatic heterocycles. The first-order valence-electron chi connectivity index (χ1n) is 5.92. The first kappa shape index (κ1) is 16.5. The zero-order valence-corrected chi connectivity index (χ0v) is 13.3. The predicted octanol–water partition coefficient (Wildman–Crippen LogP) is 4.35. The molecule has 0 aliphatic rings. The second-order valence-electron chi connectivity index (χ2n) is 4.27. The number of nitro groups is 1. The van der Waals surface area contributed by atoms with E-state index in [-0.39, 0.29) is 10.6 Å². The van der Waals surface area contributed by atoms with Gasteiger partial charge in [0.25, 0.3) is 5.69 Å². The molecule has 0 spiro atoms. The summed E-state index contributed by atoms with van der Waals surface area (Å²) in [5.41, 5.74) is 0.396. The highest BCUT2D eigenvalue weighted by molar-refractivity contribution is 7.94. The van der Waals surface area contributed by atoms with Gasteiger partial charge in [0.05, 0.1) is 19.9 Å². The molecule has 0 saturated heterocycles. The van der Waals surface area contributed by atoms with Crippen LogP contribution in [0.3, 0.4) is 0 Å². The molecule has 22 heavy (non-hydrogen) atoms. The molecule has 2 aromatic carbocycles. The number of sulfone groups is 1. The standard InChI is InChI=1S/C14H9Cl2NO4S/c15-13-6-1-10(9-14(13)16)7-8-22(20,21)12-4-2-11(3-5-12)17(18)19/h1-9H/b8-7+. The molecule has 2 aromatic rings. The van der Waals surface area contributed by atoms with Gasteiger partial charge in [0.2, 0.25) is 0 Å². The van der Waals surface area contributed by atoms with Crippen molar-refractivity contribution in [1.29, 1.82) is 0 Å². The Morgan fingerprint density at radius 2 is 1.64 bits per heavy atom. The Balaban J connectivity index is 2.28. The van der Waals surface area contributed by atoms with E-state index in [0.29, 0.717) is 15.6 Å². The van der Waals surface area contributed by atoms with Crippen LogP contribution in [-0.4, -0.2) is 13.3 Å². The minimum absolute atomic E-state index is 0.0330. The SMILES string of the molecule is O=[N+]([O-])c1ccc(S(=O)(=O)/C=C/c2ccc(Cl)c(Cl)c2)cc1. The van der Waals surface area contributed by atoms with Crippen molar-refractivity contribution >= 4 is 44.8 Å². The normalized spacial score (nSPS) is 11.7. The molecule has 0 aliphatic carbocycles. The average Bonchev–Trinajstić information content (AvgIpc) is 2.48. The van der Waals surface area contributed by atoms with E-state index in [0.717, 1.165) is 17.5 Å². The molecule has 2 rings (SSSR count). The number of benzene rings is 2. The lowest BCUT2D eigenvalue weighted by molar-refractivity contribution is -0.384. The molecule has 0 saturated carbocycles. The number of halogens is 2. The van der Waals surface area contributed by atoms with Crippen molar-refractivity contribution in [3.05, 3.63) is 73.6 Å². The van der Waals surface area contributed by atoms with Crippen LogP contribution in [0.2, 0.25) is 10.0 Å². The highest BCUT2D eigenvalue weighted by Crippen LogP contribution is 2.24. The minimum atomic E-state index is -3.70. The fraction of sp³-hybridized carbons (Fsp3) is 0. The summed E-state index contributed by atoms with van der Waals surface area (Å²) in [6.45, 7) is 0. The zero-order valence-electron chi connectivity index (χ0n) is 10.9. The summed E-state index contributed by atoms with van der Waals surface area (Å²) in [6.07, 6.45) is 1.37. The van der Waals surface area contributed by atoms with Crippen LogP contribution in [0.5, 0.6) is 0 Å². The van der Waals surface area contributed by atoms with Gasteiger partial charge < -0.3 is 0 Å². The Hall–Kier alpha value is -1.89. The molecule has 0 heterocycles. The van der Waals surface area contributed by atoms with Crippen LogP contribution in [0.1, 0.15) is 5.56 Å². The Kier molecular flexibility index (Phi) is 4.85. The maximum Gasteiger partial charge on any atom is 0.269 e. The summed E-state index contributed by atoms with van der Waals surface area (Å²) >= 11 is 11.6. The number of rotatable bonds is 4. The summed E-state index contributed by atoms with van der Waals surface area (Å²) in [7, 11) is -3.70. The number of hydrogen-bond acceptors (Lipinski definition) is 4. The fourth-order valence-corrected chi connectivity index (χ4v) is 2.94. The summed E-state index contributed by atoms with van der Waals surface area (Å²) in [5.74, 6) is 0. The van der Waals surface area contributed by atoms with Crippen molar-refractivity contribution in [2.75, 3.05) is 0 Å². The van der Waals surface area contributed by atoms with E-state index in [1.54, 1.807) is 12.1 Å². The van der Waals surface area contributed by atoms with Gasteiger partial charge >= 0.3 is 0 Å². The van der Waals surface area contributed by atoms with E-state index in [1.807, 2.05) is 0 Å². The van der Waals surface area contributed by atoms with Crippen molar-refractivity contribution in [1.82, 2.24) is 0 Å². The van der Waals surface area contributed by atoms with Crippen LogP contribution < -0.4 is 0 Å². The fourth-order valence-electron chi connectivity index (χ4n) is 1.62. The zero-order chi connectivity index (χ0) is 16.3. The molecular weight excluding hydrogens is 349 g/mol. The summed E-state index contributed by atoms with van der Waals surface area (Å²) in [4.78, 5) is 9.92. The smallest absolute Gasteiger partial charge is 0.258 e. The third kappa shape index (κ3) is 3.85. The molecule has 8 heteroatoms. The van der Waals surface area contributed by atoms with Crippen LogP contribution in [0.25, 0.3) is 6.08 Å². The second kappa shape index (κ2) is 6.48. The molecule has 0 atom stereocenters. The van der Waals surface area contributed by atoms with Crippen molar-refractivity contribution in [3.63, 3.8) is 0 Å². The maximum absolute atomic E-state index is 12.1. The van der Waals surface area contributed by atoms with Crippen LogP contribution in [-0.2, 0) is 9.84 Å². The van der Waals surface area contributed by atoms with Gasteiger partial charge in [-0.05, 0) is 35.9 Å². The highest BCUT2D eigenvalue weighted by Gasteiger charge is 2.13. The van der Waals surface area contributed by atoms with E-state index in [1.165, 1.54) is 24.3 Å². The van der Waals surface area contributed by atoms with E-state index >= 15 is 0 Å². The second-order valence-corrected chi connectivity index (χ2v) is 6.92. The summed E-state index contributed by atoms with van der Waals surface area (Å²) < 4.78 is 24.2. The van der Waals surface area contributed by atoms with Gasteiger partial charge in [0.15, 0.2) is 9.84 Å². The number of hydrogen-bond donors (Lipinski definition) is 0. The van der Waals surface area contributed by atoms with Crippen molar-refractivity contribution in [2.24, 2.45) is 0 Å². The molecule has 0 bridgehead atoms. The molecule has 114 valence electrons. The van der Waals surface area contributed by atoms with Gasteiger partial charge in [-0.3, -0.25) is 10.1 Å². The van der Waals surface area contributed by atoms with Crippen LogP contribution in [0, 0.1) is 10.1 Å². The van der Waals surface area contributed by atoms with Gasteiger partial charge in [-0.2, -0.15) is 0 Å². The minimum Gasteiger partial charge on any atom is -0.258 e. The lowest BCUT2D eigenvalue weighted by atomic mass is 10.2. The van der Waals surface area contributed by atoms with E-state index in [4.69, 9.17) is 23.2 Å². The summed E-state index contributed by atoms with van der Waals surface area (Å²) in [5, 5.41) is 12.2. The third-order valence-electron chi connectivity index (χ3n) is 2.76. The van der Waals surface area contributed by atoms with Gasteiger partial charge in [0.1, 0.15) is 0 Å². The van der Waals surface area contributed by atoms with Crippen LogP contribution in [0.4, 0.5) is 5.69 Å². The van der Waals surface area contributed by atoms with Crippen LogP contribution in [0.15, 0.2) is 52.8 Å². The largest absolute Gasteiger partial charge is 0.269 e. The molecule has 0 radical (unpaired) electrons. The average molecular weight is 358 g/mol. The maximum atomic E-state index is 12.1. The summed E-state index contributed by atoms with van der Waals surface area (Å²) in [6, 6.07) is 9.36. The quantitative estimate of drug-likeness (QED) is 0.601. The van der Waals surface area contributed by atoms with Gasteiger partial charge in [-0.15, -0.1) is 0 Å². The molecule has 5 nitrogen and oxygen atoms in total. The predicted molar refractivity (Wildman–Crippen MR) is 85.8 cm³/mol. The Morgan fingerprint density at radius 3 is 2.18 bits per heavy atom. The Labute approximate surface area is 136 Å². The Bertz CT molecular complexity index is 846. The van der Waals surface area contributed by atoms with Gasteiger partial charge in [-0.1, -0.05) is 29.3 Å². The lowest BCUT2D eigenvalue weighted by Crippen LogP contribution is -1.96. The third-order valence-corrected chi connectivity index (χ3v) is 4.92. The van der Waals surface area contributed by atoms with E-state index in [9.17, 15) is 18.5 Å². The van der Waals surface area contributed by atoms with Crippen molar-refractivity contribution in [2.45, 2.75) is 4.90 Å². The topological polar surface area (TPSA) is 77.3 Å². The molecule has 0 fully saturated rings. The van der Waals surface area contributed by atoms with E-state index in [2.05, 4.69) is 0 Å². The molecule has 0 unspecified atom stereocenters. The van der Waals surface area contributed by atoms with Crippen LogP contribution >= 0.6 is 23.2 Å². The van der Waals surface area contributed by atoms with E-state index < -0.39 is 14.8 Å². The number of nitro benzene ring substituents is 1. The molecule has 0 aliphatic heterocycles.